The van der Waals surface area contributed by atoms with Gasteiger partial charge in [0.25, 0.3) is 0 Å². The Morgan fingerprint density at radius 3 is 2.29 bits per heavy atom. The lowest BCUT2D eigenvalue weighted by Gasteiger charge is -2.54. The van der Waals surface area contributed by atoms with Crippen molar-refractivity contribution in [3.05, 3.63) is 0 Å². The lowest BCUT2D eigenvalue weighted by molar-refractivity contribution is 0.0170. The average molecular weight is 259 g/mol. The molecule has 1 rings (SSSR count). The molecule has 0 aromatic heterocycles. The van der Waals surface area contributed by atoms with Gasteiger partial charge in [-0.3, -0.25) is 4.90 Å². The molecule has 0 saturated carbocycles. The second-order valence-corrected chi connectivity index (χ2v) is 7.25. The van der Waals surface area contributed by atoms with E-state index in [2.05, 4.69) is 56.6 Å². The van der Waals surface area contributed by atoms with Crippen molar-refractivity contribution in [2.75, 3.05) is 52.3 Å². The molecule has 1 aliphatic heterocycles. The van der Waals surface area contributed by atoms with E-state index in [4.69, 9.17) is 5.73 Å². The third kappa shape index (κ3) is 3.16. The van der Waals surface area contributed by atoms with Crippen molar-refractivity contribution < 1.29 is 0 Å². The van der Waals surface area contributed by atoms with Crippen LogP contribution in [0.3, 0.4) is 0 Å². The molecular weight excluding hydrogens is 230 g/mol. The molecule has 0 aromatic carbocycles. The maximum absolute atomic E-state index is 6.15. The Labute approximate surface area is 111 Å². The minimum atomic E-state index is 0.159. The van der Waals surface area contributed by atoms with Gasteiger partial charge in [0.15, 0.2) is 0 Å². The molecule has 0 bridgehead atoms. The van der Waals surface area contributed by atoms with Crippen LogP contribution in [0.5, 0.6) is 0 Å². The van der Waals surface area contributed by atoms with E-state index in [1.54, 1.807) is 0 Å². The lowest BCUT2D eigenvalue weighted by atomic mass is 9.70. The quantitative estimate of drug-likeness (QED) is 0.808. The standard InChI is InChI=1S/C13H29N3S/c1-12(2)6-9-17-11-13(12,10-14)16(5)8-7-15(3)4/h6-11,14H2,1-5H3. The molecule has 17 heavy (non-hydrogen) atoms. The zero-order valence-electron chi connectivity index (χ0n) is 12.1. The van der Waals surface area contributed by atoms with Gasteiger partial charge >= 0.3 is 0 Å². The first-order valence-corrected chi connectivity index (χ1v) is 7.65. The van der Waals surface area contributed by atoms with E-state index >= 15 is 0 Å². The summed E-state index contributed by atoms with van der Waals surface area (Å²) in [6.07, 6.45) is 1.27. The van der Waals surface area contributed by atoms with E-state index in [-0.39, 0.29) is 5.54 Å². The number of nitrogens with zero attached hydrogens (tertiary/aromatic N) is 2. The Morgan fingerprint density at radius 2 is 1.82 bits per heavy atom. The van der Waals surface area contributed by atoms with Gasteiger partial charge in [-0.25, -0.2) is 0 Å². The summed E-state index contributed by atoms with van der Waals surface area (Å²) >= 11 is 2.06. The fourth-order valence-electron chi connectivity index (χ4n) is 2.68. The second-order valence-electron chi connectivity index (χ2n) is 6.15. The van der Waals surface area contributed by atoms with Crippen molar-refractivity contribution in [1.29, 1.82) is 0 Å². The first-order chi connectivity index (χ1) is 7.85. The number of hydrogen-bond acceptors (Lipinski definition) is 4. The normalized spacial score (nSPS) is 28.9. The fraction of sp³-hybridized carbons (Fsp3) is 1.00. The second kappa shape index (κ2) is 5.91. The first kappa shape index (κ1) is 15.3. The van der Waals surface area contributed by atoms with Crippen molar-refractivity contribution in [2.24, 2.45) is 11.1 Å². The van der Waals surface area contributed by atoms with Crippen LogP contribution in [0.2, 0.25) is 0 Å². The van der Waals surface area contributed by atoms with Crippen molar-refractivity contribution in [2.45, 2.75) is 25.8 Å². The zero-order valence-corrected chi connectivity index (χ0v) is 12.9. The lowest BCUT2D eigenvalue weighted by Crippen LogP contribution is -2.65. The molecule has 4 heteroatoms. The molecule has 1 aliphatic rings. The minimum absolute atomic E-state index is 0.159. The summed E-state index contributed by atoms with van der Waals surface area (Å²) < 4.78 is 0. The van der Waals surface area contributed by atoms with Crippen LogP contribution in [0, 0.1) is 5.41 Å². The highest BCUT2D eigenvalue weighted by Gasteiger charge is 2.48. The smallest absolute Gasteiger partial charge is 0.0470 e. The number of hydrogen-bond donors (Lipinski definition) is 1. The monoisotopic (exact) mass is 259 g/mol. The van der Waals surface area contributed by atoms with E-state index in [0.717, 1.165) is 19.6 Å². The molecule has 1 heterocycles. The van der Waals surface area contributed by atoms with E-state index in [1.165, 1.54) is 17.9 Å². The molecule has 1 atom stereocenters. The van der Waals surface area contributed by atoms with Gasteiger partial charge in [-0.2, -0.15) is 11.8 Å². The first-order valence-electron chi connectivity index (χ1n) is 6.49. The van der Waals surface area contributed by atoms with Crippen LogP contribution in [0.15, 0.2) is 0 Å². The van der Waals surface area contributed by atoms with Crippen LogP contribution in [0.25, 0.3) is 0 Å². The molecule has 0 radical (unpaired) electrons. The Hall–Kier alpha value is 0.230. The van der Waals surface area contributed by atoms with Crippen LogP contribution in [0.1, 0.15) is 20.3 Å². The Kier molecular flexibility index (Phi) is 5.32. The molecule has 1 unspecified atom stereocenters. The topological polar surface area (TPSA) is 32.5 Å². The van der Waals surface area contributed by atoms with Gasteiger partial charge < -0.3 is 10.6 Å². The Bertz CT molecular complexity index is 243. The van der Waals surface area contributed by atoms with Crippen molar-refractivity contribution in [3.8, 4) is 0 Å². The summed E-state index contributed by atoms with van der Waals surface area (Å²) in [6, 6.07) is 0. The summed E-state index contributed by atoms with van der Waals surface area (Å²) in [7, 11) is 6.50. The molecule has 0 aromatic rings. The van der Waals surface area contributed by atoms with Gasteiger partial charge in [0.05, 0.1) is 0 Å². The minimum Gasteiger partial charge on any atom is -0.329 e. The third-order valence-corrected chi connectivity index (χ3v) is 5.60. The zero-order chi connectivity index (χ0) is 13.1. The highest BCUT2D eigenvalue weighted by atomic mass is 32.2. The average Bonchev–Trinajstić information content (AvgIpc) is 2.25. The summed E-state index contributed by atoms with van der Waals surface area (Å²) in [6.45, 7) is 7.71. The molecule has 1 saturated heterocycles. The summed E-state index contributed by atoms with van der Waals surface area (Å²) in [5.41, 5.74) is 6.62. The number of likely N-dealkylation sites (N-methyl/N-ethyl adjacent to an activating group) is 2. The SMILES string of the molecule is CN(C)CCN(C)C1(CN)CSCCC1(C)C. The van der Waals surface area contributed by atoms with Crippen LogP contribution in [-0.2, 0) is 0 Å². The van der Waals surface area contributed by atoms with Crippen LogP contribution >= 0.6 is 11.8 Å². The Morgan fingerprint density at radius 1 is 1.18 bits per heavy atom. The van der Waals surface area contributed by atoms with Crippen LogP contribution in [0.4, 0.5) is 0 Å². The molecule has 3 nitrogen and oxygen atoms in total. The maximum atomic E-state index is 6.15. The number of nitrogens with two attached hydrogens (primary N) is 1. The molecule has 0 spiro atoms. The highest BCUT2D eigenvalue weighted by Crippen LogP contribution is 2.44. The van der Waals surface area contributed by atoms with Gasteiger partial charge in [-0.1, -0.05) is 13.8 Å². The molecule has 2 N–H and O–H groups in total. The highest BCUT2D eigenvalue weighted by molar-refractivity contribution is 7.99. The summed E-state index contributed by atoms with van der Waals surface area (Å²) in [4.78, 5) is 4.74. The fourth-order valence-corrected chi connectivity index (χ4v) is 4.54. The van der Waals surface area contributed by atoms with E-state index in [9.17, 15) is 0 Å². The number of thioether (sulfide) groups is 1. The van der Waals surface area contributed by atoms with Crippen molar-refractivity contribution in [3.63, 3.8) is 0 Å². The molecule has 0 aliphatic carbocycles. The summed E-state index contributed by atoms with van der Waals surface area (Å²) in [5.74, 6) is 2.44. The molecular formula is C13H29N3S. The van der Waals surface area contributed by atoms with Crippen molar-refractivity contribution in [1.82, 2.24) is 9.80 Å². The van der Waals surface area contributed by atoms with Gasteiger partial charge in [0.1, 0.15) is 0 Å². The van der Waals surface area contributed by atoms with Gasteiger partial charge in [-0.15, -0.1) is 0 Å². The van der Waals surface area contributed by atoms with Crippen molar-refractivity contribution >= 4 is 11.8 Å². The van der Waals surface area contributed by atoms with Crippen LogP contribution < -0.4 is 5.73 Å². The van der Waals surface area contributed by atoms with Gasteiger partial charge in [-0.05, 0) is 38.7 Å². The number of rotatable bonds is 5. The third-order valence-electron chi connectivity index (χ3n) is 4.42. The predicted octanol–water partition coefficient (Wildman–Crippen LogP) is 1.34. The maximum Gasteiger partial charge on any atom is 0.0470 e. The van der Waals surface area contributed by atoms with Crippen LogP contribution in [-0.4, -0.2) is 67.6 Å². The molecule has 102 valence electrons. The summed E-state index contributed by atoms with van der Waals surface area (Å²) in [5, 5.41) is 0. The van der Waals surface area contributed by atoms with Gasteiger partial charge in [0, 0.05) is 30.9 Å². The molecule has 0 amide bonds. The van der Waals surface area contributed by atoms with E-state index in [0.29, 0.717) is 5.41 Å². The largest absolute Gasteiger partial charge is 0.329 e. The predicted molar refractivity (Wildman–Crippen MR) is 78.7 cm³/mol. The van der Waals surface area contributed by atoms with E-state index in [1.807, 2.05) is 0 Å². The Balaban J connectivity index is 2.78. The van der Waals surface area contributed by atoms with Gasteiger partial charge in [0.2, 0.25) is 0 Å². The van der Waals surface area contributed by atoms with E-state index < -0.39 is 0 Å². The molecule has 1 fully saturated rings.